The van der Waals surface area contributed by atoms with Crippen LogP contribution in [0.2, 0.25) is 0 Å². The number of hydrogen-bond acceptors (Lipinski definition) is 4. The molecule has 1 aliphatic heterocycles. The van der Waals surface area contributed by atoms with Gasteiger partial charge in [-0.3, -0.25) is 4.90 Å². The highest BCUT2D eigenvalue weighted by Gasteiger charge is 2.20. The predicted molar refractivity (Wildman–Crippen MR) is 88.5 cm³/mol. The Morgan fingerprint density at radius 1 is 1.35 bits per heavy atom. The molecular weight excluding hydrogens is 311 g/mol. The Kier molecular flexibility index (Phi) is 5.39. The van der Waals surface area contributed by atoms with Crippen LogP contribution in [-0.2, 0) is 17.8 Å². The van der Waals surface area contributed by atoms with Gasteiger partial charge in [0.2, 0.25) is 0 Å². The van der Waals surface area contributed by atoms with Gasteiger partial charge in [-0.2, -0.15) is 5.26 Å². The van der Waals surface area contributed by atoms with Gasteiger partial charge in [-0.15, -0.1) is 11.3 Å². The van der Waals surface area contributed by atoms with Crippen LogP contribution in [0.25, 0.3) is 0 Å². The molecule has 120 valence electrons. The number of benzene rings is 1. The lowest BCUT2D eigenvalue weighted by atomic mass is 10.1. The third kappa shape index (κ3) is 4.38. The van der Waals surface area contributed by atoms with E-state index in [0.29, 0.717) is 17.7 Å². The Balaban J connectivity index is 1.75. The fourth-order valence-electron chi connectivity index (χ4n) is 2.89. The van der Waals surface area contributed by atoms with Crippen molar-refractivity contribution in [3.8, 4) is 6.07 Å². The van der Waals surface area contributed by atoms with E-state index in [1.165, 1.54) is 17.0 Å². The van der Waals surface area contributed by atoms with Gasteiger partial charge in [-0.1, -0.05) is 6.07 Å². The molecule has 23 heavy (non-hydrogen) atoms. The van der Waals surface area contributed by atoms with E-state index in [1.54, 1.807) is 17.4 Å². The minimum atomic E-state index is -0.257. The molecule has 0 radical (unpaired) electrons. The van der Waals surface area contributed by atoms with Gasteiger partial charge in [0.15, 0.2) is 0 Å². The maximum absolute atomic E-state index is 14.1. The average molecular weight is 330 g/mol. The highest BCUT2D eigenvalue weighted by atomic mass is 32.1. The summed E-state index contributed by atoms with van der Waals surface area (Å²) in [6, 6.07) is 10.7. The summed E-state index contributed by atoms with van der Waals surface area (Å²) < 4.78 is 19.8. The lowest BCUT2D eigenvalue weighted by molar-refractivity contribution is 0.0679. The molecule has 2 heterocycles. The van der Waals surface area contributed by atoms with E-state index in [2.05, 4.69) is 22.4 Å². The number of rotatable bonds is 6. The fraction of sp³-hybridized carbons (Fsp3) is 0.389. The van der Waals surface area contributed by atoms with Crippen molar-refractivity contribution >= 4 is 11.3 Å². The van der Waals surface area contributed by atoms with Crippen LogP contribution in [0.5, 0.6) is 0 Å². The van der Waals surface area contributed by atoms with E-state index < -0.39 is 0 Å². The maximum Gasteiger partial charge on any atom is 0.127 e. The van der Waals surface area contributed by atoms with Crippen molar-refractivity contribution in [2.24, 2.45) is 0 Å². The standard InChI is InChI=1S/C18H19FN2OS/c19-18-6-5-14(10-20)9-15(18)11-21(12-16-3-1-7-22-16)13-17-4-2-8-23-17/h2,4-6,8-9,16H,1,3,7,11-13H2. The quantitative estimate of drug-likeness (QED) is 0.805. The molecule has 0 N–H and O–H groups in total. The van der Waals surface area contributed by atoms with Crippen molar-refractivity contribution in [2.75, 3.05) is 13.2 Å². The molecule has 0 aliphatic carbocycles. The van der Waals surface area contributed by atoms with Gasteiger partial charge in [-0.05, 0) is 42.5 Å². The molecule has 0 saturated carbocycles. The molecule has 3 rings (SSSR count). The van der Waals surface area contributed by atoms with Crippen molar-refractivity contribution in [3.63, 3.8) is 0 Å². The smallest absolute Gasteiger partial charge is 0.127 e. The number of halogens is 1. The van der Waals surface area contributed by atoms with E-state index in [0.717, 1.165) is 32.5 Å². The van der Waals surface area contributed by atoms with Crippen LogP contribution in [0.3, 0.4) is 0 Å². The topological polar surface area (TPSA) is 36.3 Å². The number of nitrogens with zero attached hydrogens (tertiary/aromatic N) is 2. The zero-order valence-electron chi connectivity index (χ0n) is 12.9. The van der Waals surface area contributed by atoms with Gasteiger partial charge in [0.1, 0.15) is 5.82 Å². The zero-order chi connectivity index (χ0) is 16.1. The van der Waals surface area contributed by atoms with Crippen LogP contribution in [0, 0.1) is 17.1 Å². The van der Waals surface area contributed by atoms with E-state index >= 15 is 0 Å². The minimum Gasteiger partial charge on any atom is -0.377 e. The second-order valence-corrected chi connectivity index (χ2v) is 6.83. The average Bonchev–Trinajstić information content (AvgIpc) is 3.23. The van der Waals surface area contributed by atoms with Crippen molar-refractivity contribution in [1.82, 2.24) is 4.90 Å². The zero-order valence-corrected chi connectivity index (χ0v) is 13.7. The number of hydrogen-bond donors (Lipinski definition) is 0. The molecule has 1 saturated heterocycles. The first-order chi connectivity index (χ1) is 11.2. The first-order valence-corrected chi connectivity index (χ1v) is 8.67. The summed E-state index contributed by atoms with van der Waals surface area (Å²) in [6.07, 6.45) is 2.37. The van der Waals surface area contributed by atoms with E-state index in [4.69, 9.17) is 10.00 Å². The summed E-state index contributed by atoms with van der Waals surface area (Å²) in [7, 11) is 0. The van der Waals surface area contributed by atoms with Crippen LogP contribution < -0.4 is 0 Å². The Morgan fingerprint density at radius 3 is 2.96 bits per heavy atom. The molecule has 0 amide bonds. The van der Waals surface area contributed by atoms with Gasteiger partial charge >= 0.3 is 0 Å². The van der Waals surface area contributed by atoms with E-state index in [9.17, 15) is 4.39 Å². The SMILES string of the molecule is N#Cc1ccc(F)c(CN(Cc2cccs2)CC2CCCO2)c1. The van der Waals surface area contributed by atoms with Crippen LogP contribution in [0.15, 0.2) is 35.7 Å². The summed E-state index contributed by atoms with van der Waals surface area (Å²) in [6.45, 7) is 2.86. The van der Waals surface area contributed by atoms with Gasteiger partial charge in [0.25, 0.3) is 0 Å². The summed E-state index contributed by atoms with van der Waals surface area (Å²) in [4.78, 5) is 3.46. The fourth-order valence-corrected chi connectivity index (χ4v) is 3.64. The lowest BCUT2D eigenvalue weighted by Gasteiger charge is -2.25. The maximum atomic E-state index is 14.1. The van der Waals surface area contributed by atoms with Gasteiger partial charge in [0, 0.05) is 36.7 Å². The van der Waals surface area contributed by atoms with E-state index in [1.807, 2.05) is 6.07 Å². The molecule has 3 nitrogen and oxygen atoms in total. The normalized spacial score (nSPS) is 17.5. The van der Waals surface area contributed by atoms with Crippen LogP contribution in [-0.4, -0.2) is 24.2 Å². The monoisotopic (exact) mass is 330 g/mol. The Hall–Kier alpha value is -1.74. The lowest BCUT2D eigenvalue weighted by Crippen LogP contribution is -2.31. The molecule has 1 aromatic carbocycles. The molecule has 5 heteroatoms. The first kappa shape index (κ1) is 16.1. The second kappa shape index (κ2) is 7.69. The first-order valence-electron chi connectivity index (χ1n) is 7.79. The third-order valence-corrected chi connectivity index (χ3v) is 4.88. The van der Waals surface area contributed by atoms with Crippen LogP contribution in [0.1, 0.15) is 28.8 Å². The summed E-state index contributed by atoms with van der Waals surface area (Å²) in [5.74, 6) is -0.257. The highest BCUT2D eigenvalue weighted by molar-refractivity contribution is 7.09. The largest absolute Gasteiger partial charge is 0.377 e. The Morgan fingerprint density at radius 2 is 2.26 bits per heavy atom. The summed E-state index contributed by atoms with van der Waals surface area (Å²) in [5.41, 5.74) is 1.06. The molecule has 1 aromatic heterocycles. The van der Waals surface area contributed by atoms with Crippen molar-refractivity contribution in [3.05, 3.63) is 57.5 Å². The van der Waals surface area contributed by atoms with E-state index in [-0.39, 0.29) is 11.9 Å². The molecular formula is C18H19FN2OS. The molecule has 0 spiro atoms. The third-order valence-electron chi connectivity index (χ3n) is 4.01. The van der Waals surface area contributed by atoms with Crippen molar-refractivity contribution in [1.29, 1.82) is 5.26 Å². The van der Waals surface area contributed by atoms with Gasteiger partial charge in [-0.25, -0.2) is 4.39 Å². The van der Waals surface area contributed by atoms with Crippen LogP contribution >= 0.6 is 11.3 Å². The molecule has 0 bridgehead atoms. The summed E-state index contributed by atoms with van der Waals surface area (Å²) >= 11 is 1.70. The number of ether oxygens (including phenoxy) is 1. The van der Waals surface area contributed by atoms with Crippen molar-refractivity contribution < 1.29 is 9.13 Å². The Bertz CT molecular complexity index is 675. The number of nitriles is 1. The molecule has 1 aliphatic rings. The molecule has 2 aromatic rings. The van der Waals surface area contributed by atoms with Crippen LogP contribution in [0.4, 0.5) is 4.39 Å². The Labute approximate surface area is 139 Å². The second-order valence-electron chi connectivity index (χ2n) is 5.80. The highest BCUT2D eigenvalue weighted by Crippen LogP contribution is 2.20. The number of thiophene rings is 1. The van der Waals surface area contributed by atoms with Gasteiger partial charge in [0.05, 0.1) is 17.7 Å². The minimum absolute atomic E-state index is 0.220. The molecule has 1 atom stereocenters. The predicted octanol–water partition coefficient (Wildman–Crippen LogP) is 3.94. The van der Waals surface area contributed by atoms with Crippen molar-refractivity contribution in [2.45, 2.75) is 32.0 Å². The summed E-state index contributed by atoms with van der Waals surface area (Å²) in [5, 5.41) is 11.1. The van der Waals surface area contributed by atoms with Gasteiger partial charge < -0.3 is 4.74 Å². The molecule has 1 fully saturated rings. The molecule has 1 unspecified atom stereocenters.